The van der Waals surface area contributed by atoms with Crippen LogP contribution in [0.5, 0.6) is 0 Å². The zero-order chi connectivity index (χ0) is 17.9. The third kappa shape index (κ3) is 3.93. The van der Waals surface area contributed by atoms with Crippen LogP contribution in [-0.4, -0.2) is 45.8 Å². The van der Waals surface area contributed by atoms with Crippen molar-refractivity contribution in [1.82, 2.24) is 15.1 Å². The van der Waals surface area contributed by atoms with Gasteiger partial charge in [-0.05, 0) is 38.7 Å². The van der Waals surface area contributed by atoms with Gasteiger partial charge in [0, 0.05) is 29.8 Å². The van der Waals surface area contributed by atoms with E-state index in [1.54, 1.807) is 0 Å². The second-order valence-corrected chi connectivity index (χ2v) is 7.33. The fourth-order valence-electron chi connectivity index (χ4n) is 3.88. The van der Waals surface area contributed by atoms with Crippen LogP contribution in [0.1, 0.15) is 35.4 Å². The molecule has 0 aliphatic carbocycles. The van der Waals surface area contributed by atoms with Crippen molar-refractivity contribution < 1.29 is 9.90 Å². The van der Waals surface area contributed by atoms with Crippen LogP contribution in [0.2, 0.25) is 0 Å². The van der Waals surface area contributed by atoms with Crippen LogP contribution in [0.25, 0.3) is 0 Å². The standard InChI is InChI=1S/C20H27N3O2/c1-15-18(16(2)22-21-15)11-19(25)23-10-6-9-20(13-23,14-24)12-17-7-4-3-5-8-17/h3-5,7-8,24H,6,9-14H2,1-2H3,(H,21,22). The number of carbonyl (C=O) groups excluding carboxylic acids is 1. The van der Waals surface area contributed by atoms with Crippen LogP contribution in [0.15, 0.2) is 30.3 Å². The van der Waals surface area contributed by atoms with Crippen LogP contribution >= 0.6 is 0 Å². The average Bonchev–Trinajstić information content (AvgIpc) is 2.94. The van der Waals surface area contributed by atoms with Crippen LogP contribution in [0.3, 0.4) is 0 Å². The molecule has 1 atom stereocenters. The predicted octanol–water partition coefficient (Wildman–Crippen LogP) is 2.41. The number of H-pyrrole nitrogens is 1. The second kappa shape index (κ2) is 7.40. The molecule has 2 heterocycles. The molecular formula is C20H27N3O2. The lowest BCUT2D eigenvalue weighted by Gasteiger charge is -2.42. The molecule has 0 radical (unpaired) electrons. The lowest BCUT2D eigenvalue weighted by Crippen LogP contribution is -2.49. The first-order chi connectivity index (χ1) is 12.0. The number of carbonyl (C=O) groups is 1. The second-order valence-electron chi connectivity index (χ2n) is 7.33. The van der Waals surface area contributed by atoms with E-state index in [-0.39, 0.29) is 17.9 Å². The lowest BCUT2D eigenvalue weighted by atomic mass is 9.75. The minimum Gasteiger partial charge on any atom is -0.396 e. The molecule has 5 nitrogen and oxygen atoms in total. The highest BCUT2D eigenvalue weighted by Crippen LogP contribution is 2.33. The highest BCUT2D eigenvalue weighted by atomic mass is 16.3. The molecule has 2 aromatic rings. The summed E-state index contributed by atoms with van der Waals surface area (Å²) in [5.41, 5.74) is 3.82. The summed E-state index contributed by atoms with van der Waals surface area (Å²) in [6.45, 7) is 5.37. The van der Waals surface area contributed by atoms with Gasteiger partial charge in [0.25, 0.3) is 0 Å². The third-order valence-corrected chi connectivity index (χ3v) is 5.38. The van der Waals surface area contributed by atoms with Crippen LogP contribution in [0.4, 0.5) is 0 Å². The molecule has 1 aromatic heterocycles. The molecule has 25 heavy (non-hydrogen) atoms. The number of aryl methyl sites for hydroxylation is 2. The fraction of sp³-hybridized carbons (Fsp3) is 0.500. The summed E-state index contributed by atoms with van der Waals surface area (Å²) in [6.07, 6.45) is 3.06. The Morgan fingerprint density at radius 3 is 2.72 bits per heavy atom. The number of rotatable bonds is 5. The van der Waals surface area contributed by atoms with Gasteiger partial charge in [0.2, 0.25) is 5.91 Å². The maximum Gasteiger partial charge on any atom is 0.227 e. The first-order valence-corrected chi connectivity index (χ1v) is 8.96. The monoisotopic (exact) mass is 341 g/mol. The van der Waals surface area contributed by atoms with E-state index < -0.39 is 0 Å². The average molecular weight is 341 g/mol. The van der Waals surface area contributed by atoms with E-state index >= 15 is 0 Å². The van der Waals surface area contributed by atoms with E-state index in [9.17, 15) is 9.90 Å². The number of nitrogens with zero attached hydrogens (tertiary/aromatic N) is 2. The third-order valence-electron chi connectivity index (χ3n) is 5.38. The summed E-state index contributed by atoms with van der Waals surface area (Å²) in [6, 6.07) is 10.2. The van der Waals surface area contributed by atoms with Gasteiger partial charge in [-0.3, -0.25) is 9.89 Å². The summed E-state index contributed by atoms with van der Waals surface area (Å²) in [5.74, 6) is 0.123. The Kier molecular flexibility index (Phi) is 5.23. The van der Waals surface area contributed by atoms with Crippen LogP contribution in [-0.2, 0) is 17.6 Å². The lowest BCUT2D eigenvalue weighted by molar-refractivity contribution is -0.134. The highest BCUT2D eigenvalue weighted by molar-refractivity contribution is 5.79. The number of aromatic nitrogens is 2. The maximum atomic E-state index is 12.8. The zero-order valence-electron chi connectivity index (χ0n) is 15.1. The smallest absolute Gasteiger partial charge is 0.227 e. The molecule has 0 spiro atoms. The first-order valence-electron chi connectivity index (χ1n) is 8.96. The molecule has 1 saturated heterocycles. The van der Waals surface area contributed by atoms with E-state index in [2.05, 4.69) is 22.3 Å². The summed E-state index contributed by atoms with van der Waals surface area (Å²) in [4.78, 5) is 14.8. The van der Waals surface area contributed by atoms with Crippen LogP contribution in [0, 0.1) is 19.3 Å². The van der Waals surface area contributed by atoms with Crippen molar-refractivity contribution in [2.75, 3.05) is 19.7 Å². The number of aromatic amines is 1. The molecule has 0 saturated carbocycles. The molecule has 1 amide bonds. The minimum atomic E-state index is -0.240. The number of nitrogens with one attached hydrogen (secondary N) is 1. The highest BCUT2D eigenvalue weighted by Gasteiger charge is 2.37. The van der Waals surface area contributed by atoms with Crippen molar-refractivity contribution in [3.8, 4) is 0 Å². The molecule has 1 aliphatic rings. The number of amides is 1. The van der Waals surface area contributed by atoms with Crippen molar-refractivity contribution in [1.29, 1.82) is 0 Å². The maximum absolute atomic E-state index is 12.8. The van der Waals surface area contributed by atoms with Crippen molar-refractivity contribution in [2.45, 2.75) is 39.5 Å². The largest absolute Gasteiger partial charge is 0.396 e. The van der Waals surface area contributed by atoms with Crippen molar-refractivity contribution in [3.05, 3.63) is 52.8 Å². The molecule has 5 heteroatoms. The van der Waals surface area contributed by atoms with Gasteiger partial charge in [-0.15, -0.1) is 0 Å². The molecule has 2 N–H and O–H groups in total. The van der Waals surface area contributed by atoms with Gasteiger partial charge in [-0.25, -0.2) is 0 Å². The van der Waals surface area contributed by atoms with Gasteiger partial charge in [0.15, 0.2) is 0 Å². The number of hydrogen-bond acceptors (Lipinski definition) is 3. The Morgan fingerprint density at radius 1 is 1.32 bits per heavy atom. The van der Waals surface area contributed by atoms with Crippen molar-refractivity contribution >= 4 is 5.91 Å². The van der Waals surface area contributed by atoms with E-state index in [1.807, 2.05) is 36.9 Å². The number of piperidine rings is 1. The Morgan fingerprint density at radius 2 is 2.08 bits per heavy atom. The van der Waals surface area contributed by atoms with Gasteiger partial charge in [0.1, 0.15) is 0 Å². The number of likely N-dealkylation sites (tertiary alicyclic amines) is 1. The Balaban J connectivity index is 1.71. The first kappa shape index (κ1) is 17.7. The fourth-order valence-corrected chi connectivity index (χ4v) is 3.88. The van der Waals surface area contributed by atoms with Gasteiger partial charge in [-0.2, -0.15) is 5.10 Å². The van der Waals surface area contributed by atoms with Gasteiger partial charge >= 0.3 is 0 Å². The number of benzene rings is 1. The van der Waals surface area contributed by atoms with Gasteiger partial charge in [0.05, 0.1) is 18.7 Å². The number of aliphatic hydroxyl groups is 1. The Bertz CT molecular complexity index is 706. The van der Waals surface area contributed by atoms with Gasteiger partial charge < -0.3 is 10.0 Å². The van der Waals surface area contributed by atoms with Crippen LogP contribution < -0.4 is 0 Å². The summed E-state index contributed by atoms with van der Waals surface area (Å²) in [7, 11) is 0. The molecule has 1 aliphatic heterocycles. The summed E-state index contributed by atoms with van der Waals surface area (Å²) >= 11 is 0. The molecule has 3 rings (SSSR count). The zero-order valence-corrected chi connectivity index (χ0v) is 15.1. The van der Waals surface area contributed by atoms with E-state index in [1.165, 1.54) is 5.56 Å². The van der Waals surface area contributed by atoms with Gasteiger partial charge in [-0.1, -0.05) is 30.3 Å². The molecule has 1 fully saturated rings. The number of hydrogen-bond donors (Lipinski definition) is 2. The predicted molar refractivity (Wildman–Crippen MR) is 97.2 cm³/mol. The van der Waals surface area contributed by atoms with E-state index in [0.29, 0.717) is 13.0 Å². The van der Waals surface area contributed by atoms with E-state index in [0.717, 1.165) is 42.8 Å². The van der Waals surface area contributed by atoms with E-state index in [4.69, 9.17) is 0 Å². The SMILES string of the molecule is Cc1n[nH]c(C)c1CC(=O)N1CCCC(CO)(Cc2ccccc2)C1. The van der Waals surface area contributed by atoms with Crippen molar-refractivity contribution in [2.24, 2.45) is 5.41 Å². The quantitative estimate of drug-likeness (QED) is 0.877. The molecule has 1 aromatic carbocycles. The summed E-state index contributed by atoms with van der Waals surface area (Å²) < 4.78 is 0. The normalized spacial score (nSPS) is 20.7. The Labute approximate surface area is 149 Å². The molecule has 0 bridgehead atoms. The summed E-state index contributed by atoms with van der Waals surface area (Å²) in [5, 5.41) is 17.2. The molecular weight excluding hydrogens is 314 g/mol. The van der Waals surface area contributed by atoms with Crippen molar-refractivity contribution in [3.63, 3.8) is 0 Å². The minimum absolute atomic E-state index is 0.107. The number of aliphatic hydroxyl groups excluding tert-OH is 1. The molecule has 1 unspecified atom stereocenters. The Hall–Kier alpha value is -2.14. The topological polar surface area (TPSA) is 69.2 Å². The molecule has 134 valence electrons.